The molecule has 8 saturated heterocycles. The Hall–Kier alpha value is -12.8. The fraction of sp³-hybridized carbons (Fsp3) is 0.472. The number of piperidine rings is 2. The number of halogens is 4. The van der Waals surface area contributed by atoms with Crippen LogP contribution in [0, 0.1) is 23.3 Å². The van der Waals surface area contributed by atoms with E-state index in [0.717, 1.165) is 109 Å². The monoisotopic (exact) mass is 1860 g/mol. The van der Waals surface area contributed by atoms with E-state index in [1.165, 1.54) is 45.2 Å². The summed E-state index contributed by atoms with van der Waals surface area (Å²) in [5, 5.41) is 5.84. The van der Waals surface area contributed by atoms with Crippen molar-refractivity contribution in [2.75, 3.05) is 94.1 Å². The molecule has 0 saturated carbocycles. The number of nitrogen functional groups attached to an aromatic ring is 2. The van der Waals surface area contributed by atoms with Crippen LogP contribution in [0.15, 0.2) is 158 Å². The van der Waals surface area contributed by atoms with Crippen LogP contribution in [-0.2, 0) is 28.5 Å². The first kappa shape index (κ1) is 95.0. The van der Waals surface area contributed by atoms with Crippen molar-refractivity contribution in [2.45, 2.75) is 268 Å². The predicted molar refractivity (Wildman–Crippen MR) is 521 cm³/mol. The maximum absolute atomic E-state index is 16.7. The SMILES string of the molecule is CC(C)(C)OC(=O)N1CCCC1C(=O)Nc1ccc([C@H]2CC[C@H](c3ccc(NC(=O)C4CCCN4C(=O)OC(C)(C)C)c(N)c3)N2c2cc(F)c(N3CCC(c4ccccc4)CC3)c(F)c2)cc1N.CC(C)(C)OC(=O)N1CCCC1c1nc2ccc([C@H]3CC[C@H](c4ccc5nc(C6CCCN6C(=O)OC(C)(C)C)[nH]c5c4)N3c3cc(F)c(N4CCC(c5ccccc5)CC4)c(F)c3)cc2[nH]1. The van der Waals surface area contributed by atoms with Gasteiger partial charge in [-0.1, -0.05) is 84.9 Å². The molecular formula is C106H128F4N16O10. The van der Waals surface area contributed by atoms with Crippen molar-refractivity contribution >= 4 is 104 Å². The number of ether oxygens (including phenoxy) is 4. The molecule has 26 nitrogen and oxygen atoms in total. The number of carbonyl (C=O) groups excluding carboxylic acids is 6. The number of aromatic nitrogens is 4. The second kappa shape index (κ2) is 38.8. The van der Waals surface area contributed by atoms with Crippen molar-refractivity contribution < 1.29 is 65.3 Å². The standard InChI is InChI=1S/C53H66F2N8O6.C53H62F2N8O4/c1-52(2,3)68-50(66)61-24-10-14-45(61)48(64)58-41-18-16-34(28-39(41)56)43-20-21-44(35-17-19-42(40(57)29-35)59-49(65)46-15-11-25-62(46)51(67)69-53(4,5)6)63(43)36-30-37(54)47(38(55)31-36)60-26-22-33(23-27-60)32-12-8-7-9-13-32;1-52(2,3)66-50(64)61-24-10-14-45(61)48-56-39-18-16-34(28-41(39)58-48)43-20-21-44(35-17-19-40-42(29-35)59-49(57-40)46-15-11-25-62(46)51(65)67-53(4,5)6)63(43)36-30-37(54)47(38(55)31-36)60-26-22-33(23-27-60)32-12-8-7-9-13-32/h7-9,12-13,16-19,28-31,33,43-46H,10-11,14-15,20-27,56-57H2,1-6H3,(H,58,64)(H,59,65);7-9,12-13,16-19,28-31,33,43-46H,10-11,14-15,20-27H2,1-6H3,(H,56,58)(H,57,59)/t2*43-,44-,45?,46?/m11/s1. The molecule has 8 atom stereocenters. The van der Waals surface area contributed by atoms with E-state index in [-0.39, 0.29) is 70.9 Å². The molecule has 8 aliphatic heterocycles. The number of H-pyrrole nitrogens is 2. The Morgan fingerprint density at radius 3 is 0.971 bits per heavy atom. The molecule has 0 aliphatic carbocycles. The number of benzene rings is 8. The van der Waals surface area contributed by atoms with Crippen LogP contribution in [-0.4, -0.2) is 163 Å². The van der Waals surface area contributed by atoms with Gasteiger partial charge in [0.1, 0.15) is 57.5 Å². The Balaban J connectivity index is 0.000000189. The van der Waals surface area contributed by atoms with Crippen LogP contribution in [0.3, 0.4) is 0 Å². The third-order valence-electron chi connectivity index (χ3n) is 27.5. The minimum atomic E-state index is -0.727. The molecule has 8 aromatic carbocycles. The van der Waals surface area contributed by atoms with E-state index in [0.29, 0.717) is 137 Å². The van der Waals surface area contributed by atoms with E-state index in [1.807, 2.05) is 112 Å². The van der Waals surface area contributed by atoms with Crippen molar-refractivity contribution in [1.82, 2.24) is 39.5 Å². The van der Waals surface area contributed by atoms with E-state index in [9.17, 15) is 28.8 Å². The van der Waals surface area contributed by atoms with Crippen LogP contribution in [0.5, 0.6) is 0 Å². The number of aromatic amines is 2. The van der Waals surface area contributed by atoms with Crippen LogP contribution in [0.4, 0.5) is 82.2 Å². The molecule has 0 bridgehead atoms. The normalized spacial score (nSPS) is 21.5. The molecule has 2 aromatic heterocycles. The number of nitrogens with zero attached hydrogens (tertiary/aromatic N) is 10. The zero-order chi connectivity index (χ0) is 96.1. The third kappa shape index (κ3) is 21.0. The molecule has 10 aromatic rings. The summed E-state index contributed by atoms with van der Waals surface area (Å²) in [6.45, 7) is 26.0. The molecule has 8 N–H and O–H groups in total. The second-order valence-corrected chi connectivity index (χ2v) is 41.7. The van der Waals surface area contributed by atoms with Crippen molar-refractivity contribution in [3.8, 4) is 0 Å². The average molecular weight is 1860 g/mol. The first-order valence-corrected chi connectivity index (χ1v) is 48.3. The Kier molecular flexibility index (Phi) is 27.1. The van der Waals surface area contributed by atoms with Crippen LogP contribution in [0.25, 0.3) is 22.1 Å². The first-order valence-electron chi connectivity index (χ1n) is 48.3. The highest BCUT2D eigenvalue weighted by molar-refractivity contribution is 6.00. The van der Waals surface area contributed by atoms with Gasteiger partial charge < -0.3 is 70.6 Å². The highest BCUT2D eigenvalue weighted by Gasteiger charge is 2.45. The molecule has 4 unspecified atom stereocenters. The van der Waals surface area contributed by atoms with Crippen molar-refractivity contribution in [1.29, 1.82) is 0 Å². The number of nitrogens with two attached hydrogens (primary N) is 2. The molecule has 136 heavy (non-hydrogen) atoms. The van der Waals surface area contributed by atoms with Crippen LogP contribution in [0.2, 0.25) is 0 Å². The van der Waals surface area contributed by atoms with E-state index < -0.39 is 82.0 Å². The summed E-state index contributed by atoms with van der Waals surface area (Å²) in [5.41, 5.74) is 22.0. The number of hydrogen-bond acceptors (Lipinski definition) is 18. The number of anilines is 8. The molecule has 18 rings (SSSR count). The zero-order valence-electron chi connectivity index (χ0n) is 80.0. The number of amides is 6. The summed E-state index contributed by atoms with van der Waals surface area (Å²) in [4.78, 5) is 111. The molecule has 8 fully saturated rings. The molecule has 720 valence electrons. The van der Waals surface area contributed by atoms with E-state index >= 15 is 17.6 Å². The third-order valence-corrected chi connectivity index (χ3v) is 27.5. The summed E-state index contributed by atoms with van der Waals surface area (Å²) in [5.74, 6) is -1.15. The van der Waals surface area contributed by atoms with Crippen molar-refractivity contribution in [2.24, 2.45) is 0 Å². The summed E-state index contributed by atoms with van der Waals surface area (Å²) in [6.07, 6.45) is 9.44. The average Bonchev–Trinajstić information content (AvgIpc) is 1.59. The quantitative estimate of drug-likeness (QED) is 0.0297. The van der Waals surface area contributed by atoms with Gasteiger partial charge in [-0.2, -0.15) is 0 Å². The fourth-order valence-corrected chi connectivity index (χ4v) is 21.4. The number of nitrogens with one attached hydrogen (secondary N) is 4. The maximum atomic E-state index is 16.7. The minimum Gasteiger partial charge on any atom is -0.444 e. The first-order chi connectivity index (χ1) is 64.8. The highest BCUT2D eigenvalue weighted by atomic mass is 19.1. The van der Waals surface area contributed by atoms with Gasteiger partial charge >= 0.3 is 24.4 Å². The number of carbonyl (C=O) groups is 6. The van der Waals surface area contributed by atoms with Gasteiger partial charge in [-0.3, -0.25) is 29.2 Å². The molecule has 30 heteroatoms. The number of likely N-dealkylation sites (tertiary alicyclic amines) is 4. The van der Waals surface area contributed by atoms with E-state index in [4.69, 9.17) is 40.4 Å². The summed E-state index contributed by atoms with van der Waals surface area (Å²) < 4.78 is 89.2. The molecule has 10 heterocycles. The molecule has 6 amide bonds. The van der Waals surface area contributed by atoms with Gasteiger partial charge in [0.2, 0.25) is 11.8 Å². The summed E-state index contributed by atoms with van der Waals surface area (Å²) in [6, 6.07) is 46.2. The number of imidazole rings is 2. The summed E-state index contributed by atoms with van der Waals surface area (Å²) >= 11 is 0. The summed E-state index contributed by atoms with van der Waals surface area (Å²) in [7, 11) is 0. The lowest BCUT2D eigenvalue weighted by Gasteiger charge is -2.36. The molecule has 0 radical (unpaired) electrons. The second-order valence-electron chi connectivity index (χ2n) is 41.7. The number of rotatable bonds is 16. The minimum absolute atomic E-state index is 0.0278. The lowest BCUT2D eigenvalue weighted by Crippen LogP contribution is -2.45. The highest BCUT2D eigenvalue weighted by Crippen LogP contribution is 2.53. The molecule has 0 spiro atoms. The predicted octanol–water partition coefficient (Wildman–Crippen LogP) is 22.6. The van der Waals surface area contributed by atoms with Gasteiger partial charge in [-0.15, -0.1) is 0 Å². The zero-order valence-corrected chi connectivity index (χ0v) is 80.0. The Morgan fingerprint density at radius 2 is 0.647 bits per heavy atom. The van der Waals surface area contributed by atoms with Gasteiger partial charge in [-0.05, 0) is 304 Å². The largest absolute Gasteiger partial charge is 0.444 e. The number of fused-ring (bicyclic) bond motifs is 2. The van der Waals surface area contributed by atoms with E-state index in [1.54, 1.807) is 80.5 Å². The smallest absolute Gasteiger partial charge is 0.410 e. The fourth-order valence-electron chi connectivity index (χ4n) is 21.4. The van der Waals surface area contributed by atoms with Crippen LogP contribution >= 0.6 is 0 Å². The van der Waals surface area contributed by atoms with Gasteiger partial charge in [-0.25, -0.2) is 46.7 Å². The number of hydrogen-bond donors (Lipinski definition) is 6. The van der Waals surface area contributed by atoms with Crippen molar-refractivity contribution in [3.05, 3.63) is 226 Å². The van der Waals surface area contributed by atoms with Gasteiger partial charge in [0.25, 0.3) is 0 Å². The van der Waals surface area contributed by atoms with E-state index in [2.05, 4.69) is 74.0 Å². The van der Waals surface area contributed by atoms with Crippen LogP contribution in [0.1, 0.15) is 279 Å². The topological polar surface area (TPSA) is 299 Å². The Morgan fingerprint density at radius 1 is 0.346 bits per heavy atom. The molecular weight excluding hydrogens is 1730 g/mol. The lowest BCUT2D eigenvalue weighted by molar-refractivity contribution is -0.121. The lowest BCUT2D eigenvalue weighted by atomic mass is 9.89. The molecule has 8 aliphatic rings. The maximum Gasteiger partial charge on any atom is 0.410 e. The van der Waals surface area contributed by atoms with Crippen LogP contribution < -0.4 is 41.7 Å². The van der Waals surface area contributed by atoms with Gasteiger partial charge in [0, 0.05) is 63.7 Å². The Labute approximate surface area is 792 Å². The van der Waals surface area contributed by atoms with Gasteiger partial charge in [0.15, 0.2) is 23.3 Å². The van der Waals surface area contributed by atoms with Crippen molar-refractivity contribution in [3.63, 3.8) is 0 Å². The van der Waals surface area contributed by atoms with Gasteiger partial charge in [0.05, 0.1) is 81.1 Å². The Bertz CT molecular complexity index is 5780.